The first kappa shape index (κ1) is 15.4. The number of anilines is 1. The Bertz CT molecular complexity index is 933. The molecule has 3 aromatic rings. The van der Waals surface area contributed by atoms with Crippen molar-refractivity contribution in [1.29, 1.82) is 0 Å². The topological polar surface area (TPSA) is 126 Å². The number of nitro groups is 1. The largest absolute Gasteiger partial charge is 0.462 e. The summed E-state index contributed by atoms with van der Waals surface area (Å²) in [5.41, 5.74) is 7.81. The Hall–Kier alpha value is -3.49. The van der Waals surface area contributed by atoms with E-state index in [0.717, 1.165) is 0 Å². The molecule has 0 saturated heterocycles. The van der Waals surface area contributed by atoms with Crippen molar-refractivity contribution in [3.63, 3.8) is 0 Å². The van der Waals surface area contributed by atoms with Gasteiger partial charge in [0.1, 0.15) is 11.4 Å². The van der Waals surface area contributed by atoms with Crippen LogP contribution in [-0.2, 0) is 4.74 Å². The fourth-order valence-electron chi connectivity index (χ4n) is 2.29. The predicted octanol–water partition coefficient (Wildman–Crippen LogP) is 2.06. The number of hydrogen-bond donors (Lipinski definition) is 1. The molecule has 0 amide bonds. The van der Waals surface area contributed by atoms with E-state index in [9.17, 15) is 14.9 Å². The van der Waals surface area contributed by atoms with Crippen molar-refractivity contribution < 1.29 is 14.5 Å². The number of aromatic nitrogens is 3. The SMILES string of the molecule is CCOC(=O)c1cnn2c(N)c(-c3ccc([N+](=O)[O-])cc3)cnc12. The van der Waals surface area contributed by atoms with Crippen LogP contribution in [0.25, 0.3) is 16.8 Å². The van der Waals surface area contributed by atoms with Gasteiger partial charge in [-0.05, 0) is 24.6 Å². The summed E-state index contributed by atoms with van der Waals surface area (Å²) in [4.78, 5) is 26.3. The maximum Gasteiger partial charge on any atom is 0.343 e. The fourth-order valence-corrected chi connectivity index (χ4v) is 2.29. The van der Waals surface area contributed by atoms with Crippen LogP contribution in [0.15, 0.2) is 36.7 Å². The van der Waals surface area contributed by atoms with Crippen LogP contribution in [0, 0.1) is 10.1 Å². The van der Waals surface area contributed by atoms with Gasteiger partial charge in [-0.15, -0.1) is 0 Å². The van der Waals surface area contributed by atoms with E-state index in [-0.39, 0.29) is 29.3 Å². The second kappa shape index (κ2) is 5.95. The van der Waals surface area contributed by atoms with Gasteiger partial charge in [-0.2, -0.15) is 9.61 Å². The van der Waals surface area contributed by atoms with Crippen molar-refractivity contribution in [1.82, 2.24) is 14.6 Å². The third-order valence-corrected chi connectivity index (χ3v) is 3.45. The summed E-state index contributed by atoms with van der Waals surface area (Å²) in [7, 11) is 0. The van der Waals surface area contributed by atoms with Gasteiger partial charge < -0.3 is 10.5 Å². The molecule has 2 N–H and O–H groups in total. The van der Waals surface area contributed by atoms with E-state index >= 15 is 0 Å². The van der Waals surface area contributed by atoms with Crippen LogP contribution in [0.5, 0.6) is 0 Å². The number of carbonyl (C=O) groups excluding carboxylic acids is 1. The first-order valence-corrected chi connectivity index (χ1v) is 7.07. The number of nitro benzene ring substituents is 1. The van der Waals surface area contributed by atoms with Gasteiger partial charge in [-0.1, -0.05) is 0 Å². The Morgan fingerprint density at radius 2 is 2.04 bits per heavy atom. The van der Waals surface area contributed by atoms with E-state index in [1.165, 1.54) is 29.0 Å². The van der Waals surface area contributed by atoms with Crippen LogP contribution in [-0.4, -0.2) is 32.1 Å². The molecule has 2 heterocycles. The summed E-state index contributed by atoms with van der Waals surface area (Å²) in [5, 5.41) is 14.8. The molecule has 0 atom stereocenters. The Morgan fingerprint density at radius 1 is 1.33 bits per heavy atom. The quantitative estimate of drug-likeness (QED) is 0.441. The number of non-ortho nitro benzene ring substituents is 1. The molecule has 0 aliphatic heterocycles. The highest BCUT2D eigenvalue weighted by Crippen LogP contribution is 2.28. The summed E-state index contributed by atoms with van der Waals surface area (Å²) in [5.74, 6) is -0.258. The van der Waals surface area contributed by atoms with E-state index in [0.29, 0.717) is 11.1 Å². The first-order chi connectivity index (χ1) is 11.5. The van der Waals surface area contributed by atoms with Crippen molar-refractivity contribution in [3.05, 3.63) is 52.3 Å². The lowest BCUT2D eigenvalue weighted by molar-refractivity contribution is -0.384. The third kappa shape index (κ3) is 2.51. The van der Waals surface area contributed by atoms with E-state index in [2.05, 4.69) is 10.1 Å². The van der Waals surface area contributed by atoms with Gasteiger partial charge in [0.15, 0.2) is 5.65 Å². The van der Waals surface area contributed by atoms with Crippen LogP contribution < -0.4 is 5.73 Å². The highest BCUT2D eigenvalue weighted by Gasteiger charge is 2.18. The molecule has 9 heteroatoms. The van der Waals surface area contributed by atoms with Crippen molar-refractivity contribution in [2.75, 3.05) is 12.3 Å². The van der Waals surface area contributed by atoms with Gasteiger partial charge in [-0.3, -0.25) is 10.1 Å². The van der Waals surface area contributed by atoms with Crippen LogP contribution >= 0.6 is 0 Å². The van der Waals surface area contributed by atoms with Crippen molar-refractivity contribution in [2.45, 2.75) is 6.92 Å². The van der Waals surface area contributed by atoms with Gasteiger partial charge in [0.2, 0.25) is 0 Å². The molecule has 0 aliphatic rings. The Kier molecular flexibility index (Phi) is 3.82. The zero-order chi connectivity index (χ0) is 17.3. The number of nitrogen functional groups attached to an aromatic ring is 1. The molecule has 0 radical (unpaired) electrons. The minimum absolute atomic E-state index is 0.0185. The van der Waals surface area contributed by atoms with Gasteiger partial charge in [0, 0.05) is 23.9 Å². The molecule has 9 nitrogen and oxygen atoms in total. The minimum Gasteiger partial charge on any atom is -0.462 e. The molecule has 3 rings (SSSR count). The summed E-state index contributed by atoms with van der Waals surface area (Å²) in [6, 6.07) is 5.92. The number of hydrogen-bond acceptors (Lipinski definition) is 7. The molecule has 0 aliphatic carbocycles. The molecule has 0 bridgehead atoms. The van der Waals surface area contributed by atoms with Gasteiger partial charge >= 0.3 is 5.97 Å². The number of nitrogens with two attached hydrogens (primary N) is 1. The van der Waals surface area contributed by atoms with Crippen LogP contribution in [0.1, 0.15) is 17.3 Å². The Labute approximate surface area is 135 Å². The zero-order valence-electron chi connectivity index (χ0n) is 12.7. The molecule has 24 heavy (non-hydrogen) atoms. The summed E-state index contributed by atoms with van der Waals surface area (Å²) >= 11 is 0. The average Bonchev–Trinajstić information content (AvgIpc) is 3.00. The highest BCUT2D eigenvalue weighted by atomic mass is 16.6. The molecule has 1 aromatic carbocycles. The molecule has 2 aromatic heterocycles. The lowest BCUT2D eigenvalue weighted by Gasteiger charge is -2.07. The fraction of sp³-hybridized carbons (Fsp3) is 0.133. The number of benzene rings is 1. The minimum atomic E-state index is -0.525. The Balaban J connectivity index is 2.06. The summed E-state index contributed by atoms with van der Waals surface area (Å²) in [6.07, 6.45) is 2.84. The van der Waals surface area contributed by atoms with Crippen LogP contribution in [0.4, 0.5) is 11.5 Å². The van der Waals surface area contributed by atoms with Crippen molar-refractivity contribution >= 4 is 23.1 Å². The molecular weight excluding hydrogens is 314 g/mol. The smallest absolute Gasteiger partial charge is 0.343 e. The van der Waals surface area contributed by atoms with E-state index in [1.807, 2.05) is 0 Å². The molecule has 0 fully saturated rings. The van der Waals surface area contributed by atoms with Gasteiger partial charge in [0.05, 0.1) is 17.7 Å². The van der Waals surface area contributed by atoms with E-state index in [4.69, 9.17) is 10.5 Å². The van der Waals surface area contributed by atoms with Crippen LogP contribution in [0.3, 0.4) is 0 Å². The van der Waals surface area contributed by atoms with E-state index < -0.39 is 10.9 Å². The summed E-state index contributed by atoms with van der Waals surface area (Å²) < 4.78 is 6.28. The monoisotopic (exact) mass is 327 g/mol. The van der Waals surface area contributed by atoms with Crippen LogP contribution in [0.2, 0.25) is 0 Å². The number of fused-ring (bicyclic) bond motifs is 1. The predicted molar refractivity (Wildman–Crippen MR) is 85.4 cm³/mol. The average molecular weight is 327 g/mol. The Morgan fingerprint density at radius 3 is 2.67 bits per heavy atom. The number of carbonyl (C=O) groups is 1. The molecule has 0 saturated carbocycles. The number of nitrogens with zero attached hydrogens (tertiary/aromatic N) is 4. The standard InChI is InChI=1S/C15H13N5O4/c1-2-24-15(21)12-8-18-19-13(16)11(7-17-14(12)19)9-3-5-10(6-4-9)20(22)23/h3-8H,2,16H2,1H3. The number of esters is 1. The van der Waals surface area contributed by atoms with Crippen molar-refractivity contribution in [2.24, 2.45) is 0 Å². The summed E-state index contributed by atoms with van der Waals surface area (Å²) in [6.45, 7) is 1.95. The number of rotatable bonds is 4. The van der Waals surface area contributed by atoms with E-state index in [1.54, 1.807) is 19.1 Å². The second-order valence-corrected chi connectivity index (χ2v) is 4.88. The molecule has 0 unspecified atom stereocenters. The molecule has 0 spiro atoms. The highest BCUT2D eigenvalue weighted by molar-refractivity contribution is 5.96. The van der Waals surface area contributed by atoms with Gasteiger partial charge in [0.25, 0.3) is 5.69 Å². The maximum absolute atomic E-state index is 11.9. The van der Waals surface area contributed by atoms with Gasteiger partial charge in [-0.25, -0.2) is 9.78 Å². The van der Waals surface area contributed by atoms with Crippen molar-refractivity contribution in [3.8, 4) is 11.1 Å². The normalized spacial score (nSPS) is 10.7. The lowest BCUT2D eigenvalue weighted by Crippen LogP contribution is -2.07. The second-order valence-electron chi connectivity index (χ2n) is 4.88. The lowest BCUT2D eigenvalue weighted by atomic mass is 10.1. The zero-order valence-corrected chi connectivity index (χ0v) is 12.7. The molecule has 122 valence electrons. The first-order valence-electron chi connectivity index (χ1n) is 7.07. The molecular formula is C15H13N5O4. The maximum atomic E-state index is 11.9. The number of ether oxygens (including phenoxy) is 1. The third-order valence-electron chi connectivity index (χ3n) is 3.45.